The highest BCUT2D eigenvalue weighted by Crippen LogP contribution is 2.25. The number of nitrogens with zero attached hydrogens (tertiary/aromatic N) is 2. The fraction of sp³-hybridized carbons (Fsp3) is 0.273. The van der Waals surface area contributed by atoms with Gasteiger partial charge in [-0.05, 0) is 43.2 Å². The molecule has 1 saturated heterocycles. The van der Waals surface area contributed by atoms with Gasteiger partial charge < -0.3 is 10.1 Å². The van der Waals surface area contributed by atoms with E-state index in [0.29, 0.717) is 13.1 Å². The third kappa shape index (κ3) is 5.69. The highest BCUT2D eigenvalue weighted by atomic mass is 32.2. The minimum absolute atomic E-state index is 0.0374. The first-order chi connectivity index (χ1) is 15.3. The molecule has 1 aliphatic heterocycles. The van der Waals surface area contributed by atoms with E-state index in [1.54, 1.807) is 12.1 Å². The zero-order chi connectivity index (χ0) is 23.1. The topological polar surface area (TPSA) is 99.5 Å². The van der Waals surface area contributed by atoms with E-state index in [9.17, 15) is 27.3 Å². The number of ether oxygens (including phenoxy) is 1. The standard InChI is InChI=1S/C22H21F2N3O4S/c23-22(24)31-20-10-3-2-7-16(20)13-17(15-25)21(28)26-18-8-6-9-19(14-18)32(29,30)27-11-4-1-5-12-27/h2-3,6-10,13-14,22H,1,4-5,11-12H2,(H,26,28). The zero-order valence-electron chi connectivity index (χ0n) is 17.0. The van der Waals surface area contributed by atoms with Gasteiger partial charge in [-0.25, -0.2) is 8.42 Å². The van der Waals surface area contributed by atoms with Crippen LogP contribution in [0.25, 0.3) is 6.08 Å². The van der Waals surface area contributed by atoms with Gasteiger partial charge in [0.05, 0.1) is 4.90 Å². The van der Waals surface area contributed by atoms with E-state index >= 15 is 0 Å². The SMILES string of the molecule is N#CC(=Cc1ccccc1OC(F)F)C(=O)Nc1cccc(S(=O)(=O)N2CCCCC2)c1. The summed E-state index contributed by atoms with van der Waals surface area (Å²) < 4.78 is 56.7. The molecule has 2 aromatic carbocycles. The van der Waals surface area contributed by atoms with Crippen LogP contribution in [0.3, 0.4) is 0 Å². The zero-order valence-corrected chi connectivity index (χ0v) is 17.8. The van der Waals surface area contributed by atoms with Gasteiger partial charge in [-0.3, -0.25) is 4.79 Å². The second kappa shape index (κ2) is 10.3. The summed E-state index contributed by atoms with van der Waals surface area (Å²) in [6.45, 7) is -2.17. The van der Waals surface area contributed by atoms with Gasteiger partial charge in [-0.1, -0.05) is 30.7 Å². The lowest BCUT2D eigenvalue weighted by Crippen LogP contribution is -2.35. The van der Waals surface area contributed by atoms with Crippen LogP contribution in [0.15, 0.2) is 59.0 Å². The fourth-order valence-electron chi connectivity index (χ4n) is 3.29. The molecule has 2 aromatic rings. The molecule has 0 aromatic heterocycles. The number of benzene rings is 2. The number of nitrogens with one attached hydrogen (secondary N) is 1. The molecule has 1 amide bonds. The van der Waals surface area contributed by atoms with Crippen LogP contribution in [0, 0.1) is 11.3 Å². The number of carbonyl (C=O) groups is 1. The third-order valence-electron chi connectivity index (χ3n) is 4.84. The number of amides is 1. The van der Waals surface area contributed by atoms with Crippen molar-refractivity contribution < 1.29 is 26.7 Å². The highest BCUT2D eigenvalue weighted by molar-refractivity contribution is 7.89. The van der Waals surface area contributed by atoms with Crippen LogP contribution in [-0.4, -0.2) is 38.3 Å². The van der Waals surface area contributed by atoms with E-state index in [0.717, 1.165) is 25.3 Å². The summed E-state index contributed by atoms with van der Waals surface area (Å²) in [6.07, 6.45) is 3.70. The number of carbonyl (C=O) groups excluding carboxylic acids is 1. The normalized spacial score (nSPS) is 15.2. The average Bonchev–Trinajstić information content (AvgIpc) is 2.78. The molecule has 0 spiro atoms. The molecule has 168 valence electrons. The minimum Gasteiger partial charge on any atom is -0.434 e. The Morgan fingerprint density at radius 1 is 1.12 bits per heavy atom. The Balaban J connectivity index is 1.82. The maximum Gasteiger partial charge on any atom is 0.387 e. The van der Waals surface area contributed by atoms with Crippen molar-refractivity contribution in [2.45, 2.75) is 30.8 Å². The van der Waals surface area contributed by atoms with Crippen LogP contribution in [-0.2, 0) is 14.8 Å². The number of alkyl halides is 2. The maximum atomic E-state index is 12.9. The molecule has 1 fully saturated rings. The summed E-state index contributed by atoms with van der Waals surface area (Å²) in [4.78, 5) is 12.6. The Bertz CT molecular complexity index is 1150. The van der Waals surface area contributed by atoms with E-state index in [1.165, 1.54) is 46.8 Å². The van der Waals surface area contributed by atoms with E-state index in [-0.39, 0.29) is 27.5 Å². The molecule has 0 bridgehead atoms. The van der Waals surface area contributed by atoms with Crippen molar-refractivity contribution in [3.8, 4) is 11.8 Å². The number of para-hydroxylation sites is 1. The van der Waals surface area contributed by atoms with Gasteiger partial charge in [-0.15, -0.1) is 0 Å². The second-order valence-corrected chi connectivity index (χ2v) is 8.97. The first-order valence-electron chi connectivity index (χ1n) is 9.88. The summed E-state index contributed by atoms with van der Waals surface area (Å²) >= 11 is 0. The number of sulfonamides is 1. The molecule has 0 radical (unpaired) electrons. The van der Waals surface area contributed by atoms with Crippen molar-refractivity contribution in [3.63, 3.8) is 0 Å². The Hall–Kier alpha value is -3.29. The van der Waals surface area contributed by atoms with Crippen LogP contribution >= 0.6 is 0 Å². The number of halogens is 2. The van der Waals surface area contributed by atoms with Crippen LogP contribution in [0.2, 0.25) is 0 Å². The molecule has 7 nitrogen and oxygen atoms in total. The van der Waals surface area contributed by atoms with Gasteiger partial charge in [0.1, 0.15) is 17.4 Å². The number of anilines is 1. The predicted octanol–water partition coefficient (Wildman–Crippen LogP) is 4.01. The quantitative estimate of drug-likeness (QED) is 0.496. The monoisotopic (exact) mass is 461 g/mol. The maximum absolute atomic E-state index is 12.9. The lowest BCUT2D eigenvalue weighted by Gasteiger charge is -2.26. The molecule has 0 aliphatic carbocycles. The molecule has 10 heteroatoms. The largest absolute Gasteiger partial charge is 0.434 e. The summed E-state index contributed by atoms with van der Waals surface area (Å²) in [6, 6.07) is 13.2. The molecule has 0 unspecified atom stereocenters. The van der Waals surface area contributed by atoms with Gasteiger partial charge >= 0.3 is 6.61 Å². The Morgan fingerprint density at radius 3 is 2.53 bits per heavy atom. The molecule has 1 aliphatic rings. The van der Waals surface area contributed by atoms with Gasteiger partial charge in [0.2, 0.25) is 10.0 Å². The van der Waals surface area contributed by atoms with Crippen molar-refractivity contribution >= 4 is 27.7 Å². The third-order valence-corrected chi connectivity index (χ3v) is 6.74. The van der Waals surface area contributed by atoms with Crippen LogP contribution in [0.4, 0.5) is 14.5 Å². The number of hydrogen-bond acceptors (Lipinski definition) is 5. The van der Waals surface area contributed by atoms with Crippen LogP contribution in [0.1, 0.15) is 24.8 Å². The molecule has 3 rings (SSSR count). The molecule has 1 N–H and O–H groups in total. The Kier molecular flexibility index (Phi) is 7.56. The summed E-state index contributed by atoms with van der Waals surface area (Å²) in [5, 5.41) is 11.9. The molecule has 0 saturated carbocycles. The van der Waals surface area contributed by atoms with Crippen molar-refractivity contribution in [1.29, 1.82) is 5.26 Å². The predicted molar refractivity (Wildman–Crippen MR) is 114 cm³/mol. The molecule has 32 heavy (non-hydrogen) atoms. The molecule has 0 atom stereocenters. The number of piperidine rings is 1. The van der Waals surface area contributed by atoms with Gasteiger partial charge in [0, 0.05) is 24.3 Å². The molecule has 1 heterocycles. The summed E-state index contributed by atoms with van der Waals surface area (Å²) in [5.41, 5.74) is -0.0492. The van der Waals surface area contributed by atoms with Crippen molar-refractivity contribution in [2.24, 2.45) is 0 Å². The van der Waals surface area contributed by atoms with Gasteiger partial charge in [0.15, 0.2) is 0 Å². The second-order valence-electron chi connectivity index (χ2n) is 7.03. The first kappa shape index (κ1) is 23.4. The van der Waals surface area contributed by atoms with E-state index in [2.05, 4.69) is 10.1 Å². The van der Waals surface area contributed by atoms with Crippen LogP contribution in [0.5, 0.6) is 5.75 Å². The molecular formula is C22H21F2N3O4S. The number of nitriles is 1. The van der Waals surface area contributed by atoms with E-state index < -0.39 is 22.5 Å². The number of rotatable bonds is 7. The minimum atomic E-state index is -3.70. The van der Waals surface area contributed by atoms with Gasteiger partial charge in [-0.2, -0.15) is 18.3 Å². The molecular weight excluding hydrogens is 440 g/mol. The lowest BCUT2D eigenvalue weighted by molar-refractivity contribution is -0.112. The van der Waals surface area contributed by atoms with E-state index in [1.807, 2.05) is 0 Å². The van der Waals surface area contributed by atoms with Gasteiger partial charge in [0.25, 0.3) is 5.91 Å². The Labute approximate surface area is 185 Å². The summed E-state index contributed by atoms with van der Waals surface area (Å²) in [7, 11) is -3.70. The number of hydrogen-bond donors (Lipinski definition) is 1. The van der Waals surface area contributed by atoms with Crippen molar-refractivity contribution in [1.82, 2.24) is 4.31 Å². The average molecular weight is 461 g/mol. The smallest absolute Gasteiger partial charge is 0.387 e. The van der Waals surface area contributed by atoms with Crippen LogP contribution < -0.4 is 10.1 Å². The lowest BCUT2D eigenvalue weighted by atomic mass is 10.1. The first-order valence-corrected chi connectivity index (χ1v) is 11.3. The van der Waals surface area contributed by atoms with Crippen molar-refractivity contribution in [2.75, 3.05) is 18.4 Å². The van der Waals surface area contributed by atoms with Crippen molar-refractivity contribution in [3.05, 3.63) is 59.7 Å². The fourth-order valence-corrected chi connectivity index (χ4v) is 4.86. The van der Waals surface area contributed by atoms with E-state index in [4.69, 9.17) is 0 Å². The summed E-state index contributed by atoms with van der Waals surface area (Å²) in [5.74, 6) is -0.996. The highest BCUT2D eigenvalue weighted by Gasteiger charge is 2.26. The Morgan fingerprint density at radius 2 is 1.84 bits per heavy atom.